The smallest absolute Gasteiger partial charge is 0.267 e. The summed E-state index contributed by atoms with van der Waals surface area (Å²) in [7, 11) is 3.97. The molecule has 0 spiro atoms. The average Bonchev–Trinajstić information content (AvgIpc) is 3.27. The summed E-state index contributed by atoms with van der Waals surface area (Å²) in [5.41, 5.74) is 6.40. The number of benzene rings is 2. The lowest BCUT2D eigenvalue weighted by Gasteiger charge is -2.13. The second kappa shape index (κ2) is 10.7. The van der Waals surface area contributed by atoms with E-state index in [-0.39, 0.29) is 17.2 Å². The standard InChI is InChI=1S/C27H27N5O2S2/c1-31(2)19-14-12-18(13-15-19)16-28-30-23(33)17-35-27-29-25-24(21-10-6-7-11-22(21)36-25)26(34)32(27)20-8-4-3-5-9-20/h3-5,8-9,12-16H,6-7,10-11,17H2,1-2H3,(H,30,33). The number of anilines is 1. The Morgan fingerprint density at radius 2 is 1.89 bits per heavy atom. The third-order valence-corrected chi connectivity index (χ3v) is 8.24. The number of aromatic nitrogens is 2. The van der Waals surface area contributed by atoms with Crippen molar-refractivity contribution in [2.75, 3.05) is 24.7 Å². The maximum Gasteiger partial charge on any atom is 0.267 e. The zero-order valence-corrected chi connectivity index (χ0v) is 21.9. The normalized spacial score (nSPS) is 13.2. The van der Waals surface area contributed by atoms with Crippen molar-refractivity contribution in [1.82, 2.24) is 15.0 Å². The molecule has 1 amide bonds. The third kappa shape index (κ3) is 5.08. The number of hydrogen-bond acceptors (Lipinski definition) is 7. The first-order valence-electron chi connectivity index (χ1n) is 11.9. The molecule has 1 aliphatic rings. The molecule has 2 aromatic carbocycles. The predicted octanol–water partition coefficient (Wildman–Crippen LogP) is 4.63. The van der Waals surface area contributed by atoms with Gasteiger partial charge in [0.25, 0.3) is 11.5 Å². The van der Waals surface area contributed by atoms with Crippen LogP contribution in [0.4, 0.5) is 5.69 Å². The summed E-state index contributed by atoms with van der Waals surface area (Å²) in [6.45, 7) is 0. The van der Waals surface area contributed by atoms with Crippen molar-refractivity contribution in [2.24, 2.45) is 5.10 Å². The Morgan fingerprint density at radius 1 is 1.14 bits per heavy atom. The van der Waals surface area contributed by atoms with Crippen LogP contribution in [0, 0.1) is 0 Å². The van der Waals surface area contributed by atoms with Crippen LogP contribution in [0.1, 0.15) is 28.8 Å². The van der Waals surface area contributed by atoms with Crippen molar-refractivity contribution in [2.45, 2.75) is 30.8 Å². The SMILES string of the molecule is CN(C)c1ccc(C=NNC(=O)CSc2nc3sc4c(c3c(=O)n2-c2ccccc2)CCCC4)cc1. The van der Waals surface area contributed by atoms with Gasteiger partial charge < -0.3 is 4.90 Å². The fourth-order valence-electron chi connectivity index (χ4n) is 4.29. The highest BCUT2D eigenvalue weighted by Gasteiger charge is 2.23. The summed E-state index contributed by atoms with van der Waals surface area (Å²) >= 11 is 2.86. The molecule has 184 valence electrons. The molecule has 2 heterocycles. The number of para-hydroxylation sites is 1. The number of nitrogens with zero attached hydrogens (tertiary/aromatic N) is 4. The van der Waals surface area contributed by atoms with E-state index in [1.54, 1.807) is 22.1 Å². The van der Waals surface area contributed by atoms with Gasteiger partial charge >= 0.3 is 0 Å². The van der Waals surface area contributed by atoms with Gasteiger partial charge in [0.15, 0.2) is 5.16 Å². The Bertz CT molecular complexity index is 1470. The minimum atomic E-state index is -0.263. The summed E-state index contributed by atoms with van der Waals surface area (Å²) in [5.74, 6) is -0.173. The Labute approximate surface area is 217 Å². The van der Waals surface area contributed by atoms with Gasteiger partial charge in [-0.05, 0) is 61.1 Å². The molecule has 36 heavy (non-hydrogen) atoms. The second-order valence-electron chi connectivity index (χ2n) is 8.83. The molecule has 0 saturated heterocycles. The van der Waals surface area contributed by atoms with Crippen molar-refractivity contribution >= 4 is 51.1 Å². The molecule has 0 radical (unpaired) electrons. The molecule has 0 unspecified atom stereocenters. The molecule has 0 bridgehead atoms. The Balaban J connectivity index is 1.36. The van der Waals surface area contributed by atoms with Crippen molar-refractivity contribution in [3.8, 4) is 5.69 Å². The fourth-order valence-corrected chi connectivity index (χ4v) is 6.40. The van der Waals surface area contributed by atoms with Crippen LogP contribution < -0.4 is 15.9 Å². The Morgan fingerprint density at radius 3 is 2.64 bits per heavy atom. The number of aryl methyl sites for hydroxylation is 2. The number of nitrogens with one attached hydrogen (secondary N) is 1. The van der Waals surface area contributed by atoms with Gasteiger partial charge in [-0.15, -0.1) is 11.3 Å². The molecule has 5 rings (SSSR count). The third-order valence-electron chi connectivity index (χ3n) is 6.12. The topological polar surface area (TPSA) is 79.6 Å². The molecule has 2 aromatic heterocycles. The van der Waals surface area contributed by atoms with Gasteiger partial charge in [-0.3, -0.25) is 14.2 Å². The number of thiophene rings is 1. The van der Waals surface area contributed by atoms with Crippen LogP contribution in [0.15, 0.2) is 69.6 Å². The van der Waals surface area contributed by atoms with Gasteiger partial charge in [-0.25, -0.2) is 10.4 Å². The van der Waals surface area contributed by atoms with E-state index >= 15 is 0 Å². The van der Waals surface area contributed by atoms with Crippen molar-refractivity contribution in [1.29, 1.82) is 0 Å². The maximum absolute atomic E-state index is 13.7. The molecular weight excluding hydrogens is 490 g/mol. The van der Waals surface area contributed by atoms with Crippen LogP contribution in [-0.2, 0) is 17.6 Å². The number of carbonyl (C=O) groups excluding carboxylic acids is 1. The van der Waals surface area contributed by atoms with E-state index in [1.807, 2.05) is 73.6 Å². The average molecular weight is 518 g/mol. The number of fused-ring (bicyclic) bond motifs is 3. The monoisotopic (exact) mass is 517 g/mol. The summed E-state index contributed by atoms with van der Waals surface area (Å²) in [6, 6.07) is 17.4. The van der Waals surface area contributed by atoms with Crippen LogP contribution in [0.25, 0.3) is 15.9 Å². The summed E-state index contributed by atoms with van der Waals surface area (Å²) in [6.07, 6.45) is 5.78. The Hall–Kier alpha value is -3.43. The zero-order valence-electron chi connectivity index (χ0n) is 20.2. The molecule has 1 N–H and O–H groups in total. The van der Waals surface area contributed by atoms with E-state index in [2.05, 4.69) is 10.5 Å². The molecule has 0 fully saturated rings. The minimum Gasteiger partial charge on any atom is -0.378 e. The number of amides is 1. The van der Waals surface area contributed by atoms with Gasteiger partial charge in [0.05, 0.1) is 23.0 Å². The molecule has 9 heteroatoms. The largest absolute Gasteiger partial charge is 0.378 e. The molecule has 0 saturated carbocycles. The Kier molecular flexibility index (Phi) is 7.20. The lowest BCUT2D eigenvalue weighted by Crippen LogP contribution is -2.24. The molecule has 7 nitrogen and oxygen atoms in total. The predicted molar refractivity (Wildman–Crippen MR) is 149 cm³/mol. The lowest BCUT2D eigenvalue weighted by atomic mass is 9.97. The van der Waals surface area contributed by atoms with Crippen LogP contribution in [0.3, 0.4) is 0 Å². The number of thioether (sulfide) groups is 1. The molecular formula is C27H27N5O2S2. The first-order chi connectivity index (χ1) is 17.5. The zero-order chi connectivity index (χ0) is 25.1. The van der Waals surface area contributed by atoms with Gasteiger partial charge in [0.2, 0.25) is 0 Å². The van der Waals surface area contributed by atoms with Gasteiger partial charge in [0, 0.05) is 24.7 Å². The summed E-state index contributed by atoms with van der Waals surface area (Å²) in [4.78, 5) is 35.2. The highest BCUT2D eigenvalue weighted by Crippen LogP contribution is 2.35. The van der Waals surface area contributed by atoms with E-state index in [0.29, 0.717) is 5.16 Å². The van der Waals surface area contributed by atoms with Crippen LogP contribution >= 0.6 is 23.1 Å². The van der Waals surface area contributed by atoms with Gasteiger partial charge in [-0.1, -0.05) is 42.1 Å². The first-order valence-corrected chi connectivity index (χ1v) is 13.7. The molecule has 4 aromatic rings. The molecule has 0 atom stereocenters. The molecule has 0 aliphatic heterocycles. The number of rotatable bonds is 7. The number of hydrazone groups is 1. The van der Waals surface area contributed by atoms with Crippen LogP contribution in [0.5, 0.6) is 0 Å². The highest BCUT2D eigenvalue weighted by atomic mass is 32.2. The summed E-state index contributed by atoms with van der Waals surface area (Å²) in [5, 5.41) is 5.33. The fraction of sp³-hybridized carbons (Fsp3) is 0.259. The lowest BCUT2D eigenvalue weighted by molar-refractivity contribution is -0.118. The van der Waals surface area contributed by atoms with Gasteiger partial charge in [-0.2, -0.15) is 5.10 Å². The first kappa shape index (κ1) is 24.3. The molecule has 1 aliphatic carbocycles. The van der Waals surface area contributed by atoms with E-state index in [9.17, 15) is 9.59 Å². The summed E-state index contributed by atoms with van der Waals surface area (Å²) < 4.78 is 1.64. The van der Waals surface area contributed by atoms with E-state index in [0.717, 1.165) is 58.4 Å². The van der Waals surface area contributed by atoms with Gasteiger partial charge in [0.1, 0.15) is 4.83 Å². The van der Waals surface area contributed by atoms with E-state index in [4.69, 9.17) is 4.98 Å². The number of carbonyl (C=O) groups is 1. The van der Waals surface area contributed by atoms with Crippen molar-refractivity contribution in [3.63, 3.8) is 0 Å². The quantitative estimate of drug-likeness (QED) is 0.167. The van der Waals surface area contributed by atoms with Crippen molar-refractivity contribution < 1.29 is 4.79 Å². The number of hydrogen-bond donors (Lipinski definition) is 1. The van der Waals surface area contributed by atoms with Crippen LogP contribution in [-0.4, -0.2) is 41.5 Å². The van der Waals surface area contributed by atoms with Crippen LogP contribution in [0.2, 0.25) is 0 Å². The van der Waals surface area contributed by atoms with E-state index < -0.39 is 0 Å². The second-order valence-corrected chi connectivity index (χ2v) is 10.9. The van der Waals surface area contributed by atoms with E-state index in [1.165, 1.54) is 16.6 Å². The van der Waals surface area contributed by atoms with Crippen molar-refractivity contribution in [3.05, 3.63) is 81.0 Å². The maximum atomic E-state index is 13.7. The highest BCUT2D eigenvalue weighted by molar-refractivity contribution is 7.99. The minimum absolute atomic E-state index is 0.0623.